The van der Waals surface area contributed by atoms with Gasteiger partial charge in [0.15, 0.2) is 5.75 Å². The largest absolute Gasteiger partial charge is 0.489 e. The summed E-state index contributed by atoms with van der Waals surface area (Å²) in [5.74, 6) is -1.23. The molecule has 0 spiro atoms. The van der Waals surface area contributed by atoms with E-state index in [9.17, 15) is 13.2 Å². The van der Waals surface area contributed by atoms with E-state index >= 15 is 0 Å². The third kappa shape index (κ3) is 7.71. The fraction of sp³-hybridized carbons (Fsp3) is 0.360. The van der Waals surface area contributed by atoms with Gasteiger partial charge >= 0.3 is 5.97 Å². The van der Waals surface area contributed by atoms with Gasteiger partial charge in [-0.05, 0) is 62.7 Å². The highest BCUT2D eigenvalue weighted by atomic mass is 35.5. The predicted molar refractivity (Wildman–Crippen MR) is 142 cm³/mol. The number of anilines is 1. The topological polar surface area (TPSA) is 135 Å². The van der Waals surface area contributed by atoms with E-state index in [0.717, 1.165) is 35.8 Å². The number of piperidine rings is 1. The van der Waals surface area contributed by atoms with E-state index in [1.54, 1.807) is 49.4 Å². The van der Waals surface area contributed by atoms with Crippen molar-refractivity contribution in [1.29, 1.82) is 5.41 Å². The minimum atomic E-state index is -4.08. The first kappa shape index (κ1) is 27.5. The van der Waals surface area contributed by atoms with Crippen molar-refractivity contribution in [2.75, 3.05) is 36.3 Å². The Balaban J connectivity index is 1.85. The van der Waals surface area contributed by atoms with Crippen LogP contribution in [0.4, 0.5) is 5.69 Å². The van der Waals surface area contributed by atoms with E-state index in [0.29, 0.717) is 17.0 Å². The summed E-state index contributed by atoms with van der Waals surface area (Å²) in [4.78, 5) is 12.0. The van der Waals surface area contributed by atoms with Crippen LogP contribution in [0.15, 0.2) is 48.5 Å². The highest BCUT2D eigenvalue weighted by Gasteiger charge is 2.27. The average Bonchev–Trinajstić information content (AvgIpc) is 2.83. The first-order valence-corrected chi connectivity index (χ1v) is 13.6. The maximum Gasteiger partial charge on any atom is 0.323 e. The summed E-state index contributed by atoms with van der Waals surface area (Å²) in [6.45, 7) is 3.36. The first-order valence-electron chi connectivity index (χ1n) is 11.6. The molecular weight excluding hydrogens is 504 g/mol. The molecular formula is C25H31ClN4O5S. The zero-order chi connectivity index (χ0) is 26.1. The van der Waals surface area contributed by atoms with Crippen LogP contribution in [-0.4, -0.2) is 58.3 Å². The van der Waals surface area contributed by atoms with Gasteiger partial charge in [-0.3, -0.25) is 14.5 Å². The van der Waals surface area contributed by atoms with Gasteiger partial charge in [-0.25, -0.2) is 8.42 Å². The Bertz CT molecular complexity index is 1210. The number of esters is 1. The Morgan fingerprint density at radius 3 is 2.67 bits per heavy atom. The van der Waals surface area contributed by atoms with Crippen LogP contribution in [0.25, 0.3) is 6.08 Å². The number of nitrogens with one attached hydrogen (secondary N) is 2. The fourth-order valence-electron chi connectivity index (χ4n) is 3.74. The van der Waals surface area contributed by atoms with Gasteiger partial charge in [0, 0.05) is 5.56 Å². The van der Waals surface area contributed by atoms with Gasteiger partial charge in [-0.1, -0.05) is 42.0 Å². The number of nitrogen functional groups attached to an aromatic ring is 1. The number of benzene rings is 2. The lowest BCUT2D eigenvalue weighted by Gasteiger charge is -2.26. The number of halogens is 1. The summed E-state index contributed by atoms with van der Waals surface area (Å²) in [7, 11) is -4.08. The zero-order valence-corrected chi connectivity index (χ0v) is 21.6. The number of sulfonamides is 1. The molecule has 1 heterocycles. The molecule has 0 atom stereocenters. The van der Waals surface area contributed by atoms with E-state index < -0.39 is 21.7 Å². The third-order valence-electron chi connectivity index (χ3n) is 5.50. The quantitative estimate of drug-likeness (QED) is 0.229. The summed E-state index contributed by atoms with van der Waals surface area (Å²) in [5, 5.41) is 11.1. The van der Waals surface area contributed by atoms with Gasteiger partial charge in [0.2, 0.25) is 10.0 Å². The SMILES string of the molecule is CCOC(=O)CS(=O)(=O)N(C/C=C/c1cccc(C(=N)N)c1)c1ccc(OC2CCNCC2)c(Cl)c1. The summed E-state index contributed by atoms with van der Waals surface area (Å²) >= 11 is 6.47. The second kappa shape index (κ2) is 12.8. The molecule has 0 unspecified atom stereocenters. The van der Waals surface area contributed by atoms with Gasteiger partial charge in [-0.15, -0.1) is 0 Å². The molecule has 0 amide bonds. The Kier molecular flexibility index (Phi) is 9.74. The van der Waals surface area contributed by atoms with Crippen molar-refractivity contribution >= 4 is 45.2 Å². The normalized spacial score (nSPS) is 14.5. The van der Waals surface area contributed by atoms with Crippen molar-refractivity contribution in [3.8, 4) is 5.75 Å². The average molecular weight is 535 g/mol. The Morgan fingerprint density at radius 2 is 2.00 bits per heavy atom. The number of hydrogen-bond donors (Lipinski definition) is 3. The summed E-state index contributed by atoms with van der Waals surface area (Å²) < 4.78 is 38.3. The van der Waals surface area contributed by atoms with Crippen LogP contribution in [0, 0.1) is 5.41 Å². The fourth-order valence-corrected chi connectivity index (χ4v) is 5.24. The lowest BCUT2D eigenvalue weighted by molar-refractivity contribution is -0.139. The van der Waals surface area contributed by atoms with Crippen LogP contribution in [0.5, 0.6) is 5.75 Å². The lowest BCUT2D eigenvalue weighted by atomic mass is 10.1. The predicted octanol–water partition coefficient (Wildman–Crippen LogP) is 3.17. The minimum Gasteiger partial charge on any atom is -0.489 e. The van der Waals surface area contributed by atoms with Crippen molar-refractivity contribution in [3.63, 3.8) is 0 Å². The Labute approximate surface area is 216 Å². The molecule has 1 aliphatic rings. The number of nitrogens with two attached hydrogens (primary N) is 1. The van der Waals surface area contributed by atoms with Crippen LogP contribution < -0.4 is 20.1 Å². The molecule has 1 saturated heterocycles. The number of hydrogen-bond acceptors (Lipinski definition) is 7. The van der Waals surface area contributed by atoms with Gasteiger partial charge in [0.05, 0.1) is 23.9 Å². The molecule has 4 N–H and O–H groups in total. The molecule has 36 heavy (non-hydrogen) atoms. The van der Waals surface area contributed by atoms with Crippen molar-refractivity contribution < 1.29 is 22.7 Å². The van der Waals surface area contributed by atoms with Crippen LogP contribution in [-0.2, 0) is 19.6 Å². The van der Waals surface area contributed by atoms with E-state index in [2.05, 4.69) is 5.32 Å². The van der Waals surface area contributed by atoms with Crippen molar-refractivity contribution in [3.05, 3.63) is 64.7 Å². The standard InChI is InChI=1S/C25H31ClN4O5S/c1-2-34-24(31)17-36(32,33)30(14-4-6-18-5-3-7-19(15-18)25(27)28)20-8-9-23(22(26)16-20)35-21-10-12-29-13-11-21/h3-9,15-16,21,29H,2,10-14,17H2,1H3,(H3,27,28)/b6-4+. The van der Waals surface area contributed by atoms with E-state index in [-0.39, 0.29) is 30.1 Å². The minimum absolute atomic E-state index is 0.0342. The van der Waals surface area contributed by atoms with E-state index in [1.165, 1.54) is 6.07 Å². The van der Waals surface area contributed by atoms with Gasteiger partial charge in [0.1, 0.15) is 17.7 Å². The summed E-state index contributed by atoms with van der Waals surface area (Å²) in [5.41, 5.74) is 7.15. The molecule has 0 radical (unpaired) electrons. The number of carbonyl (C=O) groups is 1. The van der Waals surface area contributed by atoms with Crippen molar-refractivity contribution in [2.24, 2.45) is 5.73 Å². The summed E-state index contributed by atoms with van der Waals surface area (Å²) in [6, 6.07) is 11.8. The number of ether oxygens (including phenoxy) is 2. The highest BCUT2D eigenvalue weighted by molar-refractivity contribution is 7.93. The molecule has 194 valence electrons. The summed E-state index contributed by atoms with van der Waals surface area (Å²) in [6.07, 6.45) is 5.11. The van der Waals surface area contributed by atoms with Crippen molar-refractivity contribution in [1.82, 2.24) is 5.32 Å². The zero-order valence-electron chi connectivity index (χ0n) is 20.1. The van der Waals surface area contributed by atoms with E-state index in [4.69, 9.17) is 32.2 Å². The highest BCUT2D eigenvalue weighted by Crippen LogP contribution is 2.32. The van der Waals surface area contributed by atoms with E-state index in [1.807, 2.05) is 6.07 Å². The molecule has 0 aromatic heterocycles. The maximum atomic E-state index is 13.2. The third-order valence-corrected chi connectivity index (χ3v) is 7.43. The molecule has 11 heteroatoms. The smallest absolute Gasteiger partial charge is 0.323 e. The van der Waals surface area contributed by atoms with Gasteiger partial charge in [-0.2, -0.15) is 0 Å². The lowest BCUT2D eigenvalue weighted by Crippen LogP contribution is -2.36. The Morgan fingerprint density at radius 1 is 1.25 bits per heavy atom. The molecule has 2 aromatic rings. The second-order valence-electron chi connectivity index (χ2n) is 8.22. The number of nitrogens with zero attached hydrogens (tertiary/aromatic N) is 1. The molecule has 0 bridgehead atoms. The van der Waals surface area contributed by atoms with Crippen molar-refractivity contribution in [2.45, 2.75) is 25.9 Å². The molecule has 9 nitrogen and oxygen atoms in total. The number of amidine groups is 1. The molecule has 3 rings (SSSR count). The molecule has 1 aliphatic heterocycles. The molecule has 2 aromatic carbocycles. The monoisotopic (exact) mass is 534 g/mol. The second-order valence-corrected chi connectivity index (χ2v) is 10.5. The van der Waals surface area contributed by atoms with Crippen LogP contribution in [0.3, 0.4) is 0 Å². The Hall–Kier alpha value is -3.08. The molecule has 0 saturated carbocycles. The molecule has 0 aliphatic carbocycles. The van der Waals surface area contributed by atoms with Crippen LogP contribution in [0.1, 0.15) is 30.9 Å². The molecule has 1 fully saturated rings. The van der Waals surface area contributed by atoms with Gasteiger partial charge < -0.3 is 20.5 Å². The van der Waals surface area contributed by atoms with Gasteiger partial charge in [0.25, 0.3) is 0 Å². The van der Waals surface area contributed by atoms with Crippen LogP contribution >= 0.6 is 11.6 Å². The first-order chi connectivity index (χ1) is 17.2. The number of carbonyl (C=O) groups excluding carboxylic acids is 1. The maximum absolute atomic E-state index is 13.2. The number of rotatable bonds is 11. The van der Waals surface area contributed by atoms with Crippen LogP contribution in [0.2, 0.25) is 5.02 Å².